The molecule has 1 aromatic rings. The van der Waals surface area contributed by atoms with Crippen LogP contribution in [-0.2, 0) is 0 Å². The zero-order chi connectivity index (χ0) is 8.97. The molecule has 0 aliphatic rings. The highest BCUT2D eigenvalue weighted by atomic mass is 19.1. The van der Waals surface area contributed by atoms with Crippen molar-refractivity contribution in [1.29, 1.82) is 0 Å². The average Bonchev–Trinajstić information content (AvgIpc) is 2.07. The summed E-state index contributed by atoms with van der Waals surface area (Å²) in [5.41, 5.74) is 0.128. The Morgan fingerprint density at radius 1 is 1.50 bits per heavy atom. The van der Waals surface area contributed by atoms with Gasteiger partial charge in [0.2, 0.25) is 0 Å². The lowest BCUT2D eigenvalue weighted by Crippen LogP contribution is -2.08. The normalized spacial score (nSPS) is 9.83. The van der Waals surface area contributed by atoms with E-state index in [4.69, 9.17) is 12.6 Å². The molecule has 0 spiro atoms. The third-order valence-corrected chi connectivity index (χ3v) is 1.44. The zero-order valence-corrected chi connectivity index (χ0v) is 7.01. The number of halogens is 1. The van der Waals surface area contributed by atoms with E-state index >= 15 is 0 Å². The van der Waals surface area contributed by atoms with Gasteiger partial charge in [-0.1, -0.05) is 12.4 Å². The minimum absolute atomic E-state index is 0.128. The Kier molecular flexibility index (Phi) is 3.14. The maximum Gasteiger partial charge on any atom is 0.118 e. The van der Waals surface area contributed by atoms with Gasteiger partial charge in [-0.3, -0.25) is 0 Å². The molecule has 1 rings (SSSR count). The van der Waals surface area contributed by atoms with Gasteiger partial charge in [-0.25, -0.2) is 4.39 Å². The summed E-state index contributed by atoms with van der Waals surface area (Å²) < 4.78 is 17.9. The predicted molar refractivity (Wildman–Crippen MR) is 47.6 cm³/mol. The van der Waals surface area contributed by atoms with Crippen LogP contribution in [0.5, 0.6) is 5.75 Å². The van der Waals surface area contributed by atoms with Gasteiger partial charge in [0.05, 0.1) is 6.61 Å². The molecular weight excluding hydrogens is 154 g/mol. The van der Waals surface area contributed by atoms with E-state index in [0.29, 0.717) is 12.4 Å². The van der Waals surface area contributed by atoms with Crippen LogP contribution in [0, 0.1) is 5.82 Å². The van der Waals surface area contributed by atoms with E-state index < -0.39 is 5.82 Å². The number of ether oxygens (including phenoxy) is 1. The van der Waals surface area contributed by atoms with Crippen molar-refractivity contribution in [3.63, 3.8) is 0 Å². The molecule has 62 valence electrons. The lowest BCUT2D eigenvalue weighted by Gasteiger charge is -2.05. The number of benzene rings is 1. The first-order valence-electron chi connectivity index (χ1n) is 3.92. The van der Waals surface area contributed by atoms with Gasteiger partial charge >= 0.3 is 0 Å². The second-order valence-corrected chi connectivity index (χ2v) is 2.53. The van der Waals surface area contributed by atoms with Crippen molar-refractivity contribution < 1.29 is 9.13 Å². The monoisotopic (exact) mass is 164 g/mol. The summed E-state index contributed by atoms with van der Waals surface area (Å²) in [6.07, 6.45) is 0.928. The zero-order valence-electron chi connectivity index (χ0n) is 7.01. The molecule has 0 N–H and O–H groups in total. The van der Waals surface area contributed by atoms with Crippen LogP contribution in [0.3, 0.4) is 0 Å². The van der Waals surface area contributed by atoms with Gasteiger partial charge in [0.15, 0.2) is 0 Å². The molecule has 0 bridgehead atoms. The summed E-state index contributed by atoms with van der Waals surface area (Å²) in [5.74, 6) is 0.217. The third kappa shape index (κ3) is 2.26. The van der Waals surface area contributed by atoms with Crippen molar-refractivity contribution in [3.05, 3.63) is 24.0 Å². The fraction of sp³-hybridized carbons (Fsp3) is 0.333. The Morgan fingerprint density at radius 2 is 2.25 bits per heavy atom. The molecule has 0 unspecified atom stereocenters. The Hall–Kier alpha value is -0.985. The van der Waals surface area contributed by atoms with E-state index in [0.717, 1.165) is 6.42 Å². The molecule has 0 saturated carbocycles. The Morgan fingerprint density at radius 3 is 2.83 bits per heavy atom. The van der Waals surface area contributed by atoms with Crippen molar-refractivity contribution in [3.8, 4) is 5.75 Å². The van der Waals surface area contributed by atoms with E-state index in [1.165, 1.54) is 12.1 Å². The topological polar surface area (TPSA) is 9.23 Å². The van der Waals surface area contributed by atoms with Gasteiger partial charge in [-0.05, 0) is 24.6 Å². The van der Waals surface area contributed by atoms with Crippen LogP contribution in [0.1, 0.15) is 13.3 Å². The minimum Gasteiger partial charge on any atom is -0.494 e. The molecule has 1 nitrogen and oxygen atoms in total. The number of hydrogen-bond acceptors (Lipinski definition) is 1. The molecule has 0 aliphatic carbocycles. The van der Waals surface area contributed by atoms with Gasteiger partial charge in [0.1, 0.15) is 19.4 Å². The van der Waals surface area contributed by atoms with Crippen molar-refractivity contribution in [2.75, 3.05) is 6.61 Å². The predicted octanol–water partition coefficient (Wildman–Crippen LogP) is 1.41. The molecule has 0 fully saturated rings. The number of hydrogen-bond donors (Lipinski definition) is 0. The molecule has 0 atom stereocenters. The number of rotatable bonds is 3. The van der Waals surface area contributed by atoms with Gasteiger partial charge < -0.3 is 4.74 Å². The van der Waals surface area contributed by atoms with E-state index in [2.05, 4.69) is 0 Å². The standard InChI is InChI=1S/C9H10BFO/c1-2-5-12-7-3-4-9(11)8(10)6-7/h3-4,6H,2,5H2,1H3. The maximum absolute atomic E-state index is 12.6. The second-order valence-electron chi connectivity index (χ2n) is 2.53. The molecule has 0 amide bonds. The lowest BCUT2D eigenvalue weighted by molar-refractivity contribution is 0.317. The first-order valence-corrected chi connectivity index (χ1v) is 3.92. The lowest BCUT2D eigenvalue weighted by atomic mass is 9.95. The van der Waals surface area contributed by atoms with Gasteiger partial charge in [0, 0.05) is 0 Å². The van der Waals surface area contributed by atoms with Gasteiger partial charge in [-0.2, -0.15) is 0 Å². The van der Waals surface area contributed by atoms with E-state index in [9.17, 15) is 4.39 Å². The minimum atomic E-state index is -0.404. The average molecular weight is 164 g/mol. The van der Waals surface area contributed by atoms with Crippen LogP contribution in [0.4, 0.5) is 4.39 Å². The molecular formula is C9H10BFO. The van der Waals surface area contributed by atoms with E-state index in [1.807, 2.05) is 6.92 Å². The van der Waals surface area contributed by atoms with Crippen LogP contribution in [0.25, 0.3) is 0 Å². The van der Waals surface area contributed by atoms with Gasteiger partial charge in [-0.15, -0.1) is 0 Å². The molecule has 2 radical (unpaired) electrons. The molecule has 0 saturated heterocycles. The third-order valence-electron chi connectivity index (χ3n) is 1.44. The summed E-state index contributed by atoms with van der Waals surface area (Å²) >= 11 is 0. The summed E-state index contributed by atoms with van der Waals surface area (Å²) in [6.45, 7) is 2.64. The fourth-order valence-corrected chi connectivity index (χ4v) is 0.832. The highest BCUT2D eigenvalue weighted by molar-refractivity contribution is 6.32. The molecule has 0 aliphatic heterocycles. The quantitative estimate of drug-likeness (QED) is 0.613. The second kappa shape index (κ2) is 4.14. The Bertz CT molecular complexity index is 263. The molecule has 0 heterocycles. The van der Waals surface area contributed by atoms with Crippen molar-refractivity contribution >= 4 is 13.3 Å². The fourth-order valence-electron chi connectivity index (χ4n) is 0.832. The van der Waals surface area contributed by atoms with Crippen LogP contribution in [0.15, 0.2) is 18.2 Å². The first kappa shape index (κ1) is 9.11. The Labute approximate surface area is 73.0 Å². The molecule has 0 aromatic heterocycles. The van der Waals surface area contributed by atoms with Gasteiger partial charge in [0.25, 0.3) is 0 Å². The summed E-state index contributed by atoms with van der Waals surface area (Å²) in [5, 5.41) is 0. The largest absolute Gasteiger partial charge is 0.494 e. The highest BCUT2D eigenvalue weighted by Crippen LogP contribution is 2.08. The van der Waals surface area contributed by atoms with Crippen molar-refractivity contribution in [1.82, 2.24) is 0 Å². The molecule has 12 heavy (non-hydrogen) atoms. The molecule has 3 heteroatoms. The van der Waals surface area contributed by atoms with Crippen molar-refractivity contribution in [2.24, 2.45) is 0 Å². The van der Waals surface area contributed by atoms with E-state index in [1.54, 1.807) is 6.07 Å². The van der Waals surface area contributed by atoms with Crippen LogP contribution < -0.4 is 10.2 Å². The smallest absolute Gasteiger partial charge is 0.118 e. The van der Waals surface area contributed by atoms with Crippen LogP contribution >= 0.6 is 0 Å². The highest BCUT2D eigenvalue weighted by Gasteiger charge is 1.97. The molecule has 1 aromatic carbocycles. The van der Waals surface area contributed by atoms with E-state index in [-0.39, 0.29) is 5.46 Å². The van der Waals surface area contributed by atoms with Crippen molar-refractivity contribution in [2.45, 2.75) is 13.3 Å². The summed E-state index contributed by atoms with van der Waals surface area (Å²) in [4.78, 5) is 0. The first-order chi connectivity index (χ1) is 5.74. The summed E-state index contributed by atoms with van der Waals surface area (Å²) in [6, 6.07) is 4.37. The summed E-state index contributed by atoms with van der Waals surface area (Å²) in [7, 11) is 5.34. The van der Waals surface area contributed by atoms with Crippen LogP contribution in [-0.4, -0.2) is 14.5 Å². The SMILES string of the molecule is [B]c1cc(OCCC)ccc1F. The maximum atomic E-state index is 12.6. The van der Waals surface area contributed by atoms with Crippen LogP contribution in [0.2, 0.25) is 0 Å². The Balaban J connectivity index is 2.69.